The molecule has 1 aromatic heterocycles. The van der Waals surface area contributed by atoms with E-state index in [1.807, 2.05) is 81.4 Å². The van der Waals surface area contributed by atoms with Gasteiger partial charge in [-0.2, -0.15) is 0 Å². The second-order valence-corrected chi connectivity index (χ2v) is 13.0. The van der Waals surface area contributed by atoms with Crippen LogP contribution in [0, 0.1) is 0 Å². The number of hydrogen-bond donors (Lipinski definition) is 0. The van der Waals surface area contributed by atoms with Crippen LogP contribution in [-0.4, -0.2) is 29.9 Å². The van der Waals surface area contributed by atoms with Crippen LogP contribution < -0.4 is 29.1 Å². The lowest BCUT2D eigenvalue weighted by Gasteiger charge is -2.26. The maximum atomic E-state index is 14.2. The number of allylic oxidation sites excluding steroid dienone is 1. The van der Waals surface area contributed by atoms with Crippen LogP contribution in [0.4, 0.5) is 0 Å². The first-order valence-electron chi connectivity index (χ1n) is 14.9. The van der Waals surface area contributed by atoms with Crippen LogP contribution in [0.2, 0.25) is 5.02 Å². The summed E-state index contributed by atoms with van der Waals surface area (Å²) in [7, 11) is 0. The number of esters is 1. The minimum absolute atomic E-state index is 0.121. The second-order valence-electron chi connectivity index (χ2n) is 10.7. The average Bonchev–Trinajstić information content (AvgIpc) is 3.31. The van der Waals surface area contributed by atoms with E-state index in [4.69, 9.17) is 35.5 Å². The number of benzene rings is 3. The molecule has 0 N–H and O–H groups in total. The molecule has 46 heavy (non-hydrogen) atoms. The molecule has 0 unspecified atom stereocenters. The van der Waals surface area contributed by atoms with E-state index in [2.05, 4.69) is 15.9 Å². The first-order valence-corrected chi connectivity index (χ1v) is 16.9. The summed E-state index contributed by atoms with van der Waals surface area (Å²) in [4.78, 5) is 32.7. The molecule has 4 aromatic rings. The second kappa shape index (κ2) is 14.7. The van der Waals surface area contributed by atoms with Crippen molar-refractivity contribution in [1.29, 1.82) is 0 Å². The van der Waals surface area contributed by atoms with Gasteiger partial charge in [0.1, 0.15) is 18.4 Å². The van der Waals surface area contributed by atoms with Crippen molar-refractivity contribution in [3.63, 3.8) is 0 Å². The Morgan fingerprint density at radius 3 is 2.50 bits per heavy atom. The van der Waals surface area contributed by atoms with Gasteiger partial charge in [0.2, 0.25) is 0 Å². The van der Waals surface area contributed by atoms with Crippen LogP contribution in [-0.2, 0) is 16.1 Å². The van der Waals surface area contributed by atoms with Gasteiger partial charge < -0.3 is 18.9 Å². The molecule has 2 heterocycles. The summed E-state index contributed by atoms with van der Waals surface area (Å²) >= 11 is 10.9. The van der Waals surface area contributed by atoms with Gasteiger partial charge in [-0.25, -0.2) is 9.79 Å². The number of rotatable bonds is 11. The highest BCUT2D eigenvalue weighted by Crippen LogP contribution is 2.38. The summed E-state index contributed by atoms with van der Waals surface area (Å²) in [6, 6.07) is 17.8. The highest BCUT2D eigenvalue weighted by molar-refractivity contribution is 9.10. The maximum Gasteiger partial charge on any atom is 0.338 e. The summed E-state index contributed by atoms with van der Waals surface area (Å²) in [5.74, 6) is 1.13. The van der Waals surface area contributed by atoms with Gasteiger partial charge in [0.25, 0.3) is 5.56 Å². The average molecular weight is 726 g/mol. The quantitative estimate of drug-likeness (QED) is 0.155. The van der Waals surface area contributed by atoms with Crippen molar-refractivity contribution in [2.45, 2.75) is 53.4 Å². The molecule has 1 atom stereocenters. The van der Waals surface area contributed by atoms with Crippen LogP contribution in [0.25, 0.3) is 6.08 Å². The van der Waals surface area contributed by atoms with E-state index in [1.54, 1.807) is 24.5 Å². The summed E-state index contributed by atoms with van der Waals surface area (Å²) in [5, 5.41) is 0.654. The van der Waals surface area contributed by atoms with Crippen molar-refractivity contribution < 1.29 is 23.7 Å². The fourth-order valence-electron chi connectivity index (χ4n) is 5.12. The molecule has 8 nitrogen and oxygen atoms in total. The number of carbonyl (C=O) groups excluding carboxylic acids is 1. The monoisotopic (exact) mass is 724 g/mol. The highest BCUT2D eigenvalue weighted by atomic mass is 79.9. The zero-order chi connectivity index (χ0) is 33.0. The fourth-order valence-corrected chi connectivity index (χ4v) is 6.86. The molecule has 1 aliphatic rings. The molecule has 1 aliphatic heterocycles. The van der Waals surface area contributed by atoms with Gasteiger partial charge in [-0.1, -0.05) is 53.3 Å². The fraction of sp³-hybridized carbons (Fsp3) is 0.286. The van der Waals surface area contributed by atoms with Crippen LogP contribution in [0.5, 0.6) is 17.2 Å². The third kappa shape index (κ3) is 7.24. The van der Waals surface area contributed by atoms with Crippen LogP contribution in [0.15, 0.2) is 86.2 Å². The van der Waals surface area contributed by atoms with Crippen molar-refractivity contribution >= 4 is 50.9 Å². The topological polar surface area (TPSA) is 88.4 Å². The molecule has 0 radical (unpaired) electrons. The first-order chi connectivity index (χ1) is 22.1. The predicted molar refractivity (Wildman–Crippen MR) is 184 cm³/mol. The predicted octanol–water partition coefficient (Wildman–Crippen LogP) is 6.98. The summed E-state index contributed by atoms with van der Waals surface area (Å²) in [5.41, 5.74) is 2.84. The molecule has 0 saturated carbocycles. The number of aromatic nitrogens is 1. The molecule has 0 fully saturated rings. The molecular weight excluding hydrogens is 692 g/mol. The lowest BCUT2D eigenvalue weighted by molar-refractivity contribution is -0.139. The minimum Gasteiger partial charge on any atom is -0.491 e. The molecule has 0 spiro atoms. The van der Waals surface area contributed by atoms with E-state index in [9.17, 15) is 9.59 Å². The molecule has 0 saturated heterocycles. The molecule has 5 rings (SSSR count). The van der Waals surface area contributed by atoms with E-state index < -0.39 is 12.0 Å². The lowest BCUT2D eigenvalue weighted by Crippen LogP contribution is -2.40. The van der Waals surface area contributed by atoms with Gasteiger partial charge in [0.05, 0.1) is 39.6 Å². The Hall–Kier alpha value is -3.86. The zero-order valence-electron chi connectivity index (χ0n) is 26.1. The van der Waals surface area contributed by atoms with E-state index in [-0.39, 0.29) is 18.3 Å². The van der Waals surface area contributed by atoms with E-state index in [1.165, 1.54) is 11.3 Å². The molecule has 0 amide bonds. The largest absolute Gasteiger partial charge is 0.491 e. The van der Waals surface area contributed by atoms with Gasteiger partial charge in [0.15, 0.2) is 16.3 Å². The maximum absolute atomic E-state index is 14.2. The van der Waals surface area contributed by atoms with Crippen molar-refractivity contribution in [3.05, 3.63) is 118 Å². The van der Waals surface area contributed by atoms with Gasteiger partial charge in [-0.05, 0) is 98.1 Å². The van der Waals surface area contributed by atoms with Crippen molar-refractivity contribution in [2.75, 3.05) is 13.2 Å². The summed E-state index contributed by atoms with van der Waals surface area (Å²) in [6.07, 6.45) is 1.67. The third-order valence-electron chi connectivity index (χ3n) is 7.02. The standard InChI is InChI=1S/C35H34BrClN2O6S/c1-6-42-28-17-23(16-26(36)32(28)44-19-22-12-14-24(37)15-13-22)18-29-33(40)39-31(25-10-8-9-11-27(25)45-20(3)4)30(34(41)43-7-2)21(5)38-35(39)46-29/h8-18,20,31H,6-7,19H2,1-5H3/b29-18-/t31-/m1/s1. The Bertz CT molecular complexity index is 1970. The Morgan fingerprint density at radius 1 is 1.07 bits per heavy atom. The van der Waals surface area contributed by atoms with Crippen LogP contribution in [0.1, 0.15) is 57.4 Å². The Balaban J connectivity index is 1.61. The highest BCUT2D eigenvalue weighted by Gasteiger charge is 2.35. The summed E-state index contributed by atoms with van der Waals surface area (Å²) in [6.45, 7) is 10.2. The van der Waals surface area contributed by atoms with E-state index in [0.717, 1.165) is 11.1 Å². The lowest BCUT2D eigenvalue weighted by atomic mass is 9.95. The van der Waals surface area contributed by atoms with Gasteiger partial charge in [0, 0.05) is 10.6 Å². The van der Waals surface area contributed by atoms with Crippen molar-refractivity contribution in [3.8, 4) is 17.2 Å². The van der Waals surface area contributed by atoms with Crippen molar-refractivity contribution in [1.82, 2.24) is 4.57 Å². The van der Waals surface area contributed by atoms with Crippen LogP contribution >= 0.6 is 38.9 Å². The number of ether oxygens (including phenoxy) is 4. The number of para-hydroxylation sites is 1. The molecule has 11 heteroatoms. The normalized spacial score (nSPS) is 14.6. The van der Waals surface area contributed by atoms with Crippen molar-refractivity contribution in [2.24, 2.45) is 4.99 Å². The van der Waals surface area contributed by atoms with Gasteiger partial charge in [-0.3, -0.25) is 9.36 Å². The first kappa shape index (κ1) is 33.5. The molecule has 0 aliphatic carbocycles. The number of halogens is 2. The number of nitrogens with zero attached hydrogens (tertiary/aromatic N) is 2. The van der Waals surface area contributed by atoms with Gasteiger partial charge in [-0.15, -0.1) is 0 Å². The molecule has 240 valence electrons. The Kier molecular flexibility index (Phi) is 10.7. The van der Waals surface area contributed by atoms with E-state index >= 15 is 0 Å². The number of thiazole rings is 1. The smallest absolute Gasteiger partial charge is 0.338 e. The number of carbonyl (C=O) groups is 1. The third-order valence-corrected chi connectivity index (χ3v) is 8.84. The molecule has 3 aromatic carbocycles. The number of fused-ring (bicyclic) bond motifs is 1. The number of hydrogen-bond acceptors (Lipinski definition) is 8. The Labute approximate surface area is 284 Å². The molecule has 0 bridgehead atoms. The SMILES string of the molecule is CCOC(=O)C1=C(C)N=c2s/c(=C\c3cc(Br)c(OCc4ccc(Cl)cc4)c(OCC)c3)c(=O)n2[C@@H]1c1ccccc1OC(C)C. The van der Waals surface area contributed by atoms with Gasteiger partial charge >= 0.3 is 5.97 Å². The van der Waals surface area contributed by atoms with Crippen LogP contribution in [0.3, 0.4) is 0 Å². The zero-order valence-corrected chi connectivity index (χ0v) is 29.3. The van der Waals surface area contributed by atoms with E-state index in [0.29, 0.717) is 66.1 Å². The summed E-state index contributed by atoms with van der Waals surface area (Å²) < 4.78 is 26.3. The minimum atomic E-state index is -0.790. The molecular formula is C35H34BrClN2O6S. The Morgan fingerprint density at radius 2 is 1.80 bits per heavy atom.